The minimum absolute atomic E-state index is 0.236. The summed E-state index contributed by atoms with van der Waals surface area (Å²) in [6, 6.07) is 21.9. The van der Waals surface area contributed by atoms with E-state index in [0.29, 0.717) is 17.6 Å². The Bertz CT molecular complexity index is 1210. The fourth-order valence-electron chi connectivity index (χ4n) is 4.83. The second kappa shape index (κ2) is 11.1. The third-order valence-electron chi connectivity index (χ3n) is 6.74. The lowest BCUT2D eigenvalue weighted by atomic mass is 9.99. The first-order valence-electron chi connectivity index (χ1n) is 11.9. The van der Waals surface area contributed by atoms with Gasteiger partial charge in [-0.3, -0.25) is 19.1 Å². The first-order chi connectivity index (χ1) is 17.0. The zero-order chi connectivity index (χ0) is 24.7. The van der Waals surface area contributed by atoms with Gasteiger partial charge >= 0.3 is 11.9 Å². The summed E-state index contributed by atoms with van der Waals surface area (Å²) in [5, 5.41) is 0. The summed E-state index contributed by atoms with van der Waals surface area (Å²) < 4.78 is 10.9. The van der Waals surface area contributed by atoms with Gasteiger partial charge in [-0.2, -0.15) is 0 Å². The number of para-hydroxylation sites is 1. The molecule has 0 bridgehead atoms. The van der Waals surface area contributed by atoms with Crippen molar-refractivity contribution in [2.45, 2.75) is 32.8 Å². The third-order valence-corrected chi connectivity index (χ3v) is 6.74. The van der Waals surface area contributed by atoms with Gasteiger partial charge in [0.1, 0.15) is 18.0 Å². The standard InChI is InChI=1S/C29H31N2O4/c1-22-26(19-24-11-8-16-30-20-24)25-12-6-7-13-27(25)31(22,17-14-28(32)34-2)18-15-29(33)35-21-23-9-4-3-5-10-23/h3-13,16,20H,14-15,17-19,21H2,1-2H3/q+1. The minimum Gasteiger partial charge on any atom is -0.469 e. The van der Waals surface area contributed by atoms with Gasteiger partial charge in [0.2, 0.25) is 0 Å². The molecule has 3 aromatic rings. The van der Waals surface area contributed by atoms with Gasteiger partial charge in [-0.25, -0.2) is 0 Å². The van der Waals surface area contributed by atoms with Crippen LogP contribution >= 0.6 is 0 Å². The largest absolute Gasteiger partial charge is 0.469 e. The molecule has 2 heterocycles. The van der Waals surface area contributed by atoms with E-state index in [9.17, 15) is 9.59 Å². The van der Waals surface area contributed by atoms with Crippen molar-refractivity contribution in [1.82, 2.24) is 9.47 Å². The number of ether oxygens (including phenoxy) is 2. The molecular weight excluding hydrogens is 440 g/mol. The molecule has 2 aromatic carbocycles. The molecule has 1 atom stereocenters. The maximum Gasteiger partial charge on any atom is 0.311 e. The fraction of sp³-hybridized carbons (Fsp3) is 0.276. The Morgan fingerprint density at radius 1 is 0.857 bits per heavy atom. The van der Waals surface area contributed by atoms with E-state index >= 15 is 0 Å². The van der Waals surface area contributed by atoms with E-state index in [-0.39, 0.29) is 31.4 Å². The maximum absolute atomic E-state index is 12.8. The summed E-state index contributed by atoms with van der Waals surface area (Å²) in [5.74, 6) is -0.518. The van der Waals surface area contributed by atoms with E-state index in [2.05, 4.69) is 30.1 Å². The molecule has 1 aromatic heterocycles. The number of quaternary nitrogens is 1. The molecule has 0 saturated heterocycles. The predicted octanol–water partition coefficient (Wildman–Crippen LogP) is 5.07. The Morgan fingerprint density at radius 3 is 2.26 bits per heavy atom. The number of carbonyl (C=O) groups excluding carboxylic acids is 2. The summed E-state index contributed by atoms with van der Waals surface area (Å²) in [7, 11) is 1.40. The number of fused-ring (bicyclic) bond motifs is 1. The number of carbonyl (C=O) groups is 2. The van der Waals surface area contributed by atoms with Crippen LogP contribution in [0.15, 0.2) is 84.8 Å². The first-order valence-corrected chi connectivity index (χ1v) is 11.9. The van der Waals surface area contributed by atoms with E-state index in [1.807, 2.05) is 54.7 Å². The van der Waals surface area contributed by atoms with Crippen molar-refractivity contribution in [3.05, 3.63) is 102 Å². The number of allylic oxidation sites excluding steroid dienone is 2. The van der Waals surface area contributed by atoms with Gasteiger partial charge in [0.15, 0.2) is 0 Å². The van der Waals surface area contributed by atoms with Crippen molar-refractivity contribution in [2.24, 2.45) is 0 Å². The van der Waals surface area contributed by atoms with Gasteiger partial charge < -0.3 is 9.47 Å². The summed E-state index contributed by atoms with van der Waals surface area (Å²) in [6.45, 7) is 3.37. The Kier molecular flexibility index (Phi) is 7.73. The van der Waals surface area contributed by atoms with Crippen LogP contribution < -0.4 is 4.48 Å². The second-order valence-electron chi connectivity index (χ2n) is 8.76. The second-order valence-corrected chi connectivity index (χ2v) is 8.76. The van der Waals surface area contributed by atoms with Crippen molar-refractivity contribution < 1.29 is 19.1 Å². The molecular formula is C29H31N2O4+. The highest BCUT2D eigenvalue weighted by molar-refractivity contribution is 5.87. The first kappa shape index (κ1) is 24.4. The molecule has 1 aliphatic rings. The van der Waals surface area contributed by atoms with Gasteiger partial charge in [-0.05, 0) is 23.3 Å². The molecule has 180 valence electrons. The monoisotopic (exact) mass is 471 g/mol. The Labute approximate surface area is 206 Å². The van der Waals surface area contributed by atoms with Crippen LogP contribution in [0.3, 0.4) is 0 Å². The van der Waals surface area contributed by atoms with Gasteiger partial charge in [0.25, 0.3) is 0 Å². The van der Waals surface area contributed by atoms with E-state index in [4.69, 9.17) is 9.47 Å². The molecule has 0 aliphatic carbocycles. The molecule has 6 nitrogen and oxygen atoms in total. The van der Waals surface area contributed by atoms with Gasteiger partial charge in [0.05, 0.1) is 33.0 Å². The van der Waals surface area contributed by atoms with E-state index in [1.54, 1.807) is 6.20 Å². The molecule has 1 unspecified atom stereocenters. The van der Waals surface area contributed by atoms with Crippen LogP contribution in [0.5, 0.6) is 0 Å². The topological polar surface area (TPSA) is 65.5 Å². The average molecular weight is 472 g/mol. The van der Waals surface area contributed by atoms with Crippen LogP contribution in [0.1, 0.15) is 36.5 Å². The Balaban J connectivity index is 1.61. The SMILES string of the molecule is COC(=O)CC[N+]1(CCC(=O)OCc2ccccc2)C(C)=C(Cc2cccnc2)c2ccccc21. The molecule has 6 heteroatoms. The van der Waals surface area contributed by atoms with E-state index in [1.165, 1.54) is 12.7 Å². The number of nitrogens with zero attached hydrogens (tertiary/aromatic N) is 2. The van der Waals surface area contributed by atoms with Crippen molar-refractivity contribution in [2.75, 3.05) is 20.2 Å². The molecule has 0 saturated carbocycles. The van der Waals surface area contributed by atoms with E-state index < -0.39 is 0 Å². The predicted molar refractivity (Wildman–Crippen MR) is 136 cm³/mol. The van der Waals surface area contributed by atoms with Crippen molar-refractivity contribution in [1.29, 1.82) is 0 Å². The zero-order valence-corrected chi connectivity index (χ0v) is 20.3. The number of methoxy groups -OCH3 is 1. The summed E-state index contributed by atoms with van der Waals surface area (Å²) in [4.78, 5) is 29.2. The van der Waals surface area contributed by atoms with Crippen LogP contribution in [-0.2, 0) is 32.1 Å². The fourth-order valence-corrected chi connectivity index (χ4v) is 4.83. The van der Waals surface area contributed by atoms with Crippen LogP contribution in [0.2, 0.25) is 0 Å². The molecule has 0 N–H and O–H groups in total. The van der Waals surface area contributed by atoms with Gasteiger partial charge in [-0.15, -0.1) is 0 Å². The highest BCUT2D eigenvalue weighted by Crippen LogP contribution is 2.46. The van der Waals surface area contributed by atoms with Crippen molar-refractivity contribution >= 4 is 23.2 Å². The number of pyridine rings is 1. The number of esters is 2. The molecule has 0 fully saturated rings. The third kappa shape index (κ3) is 5.49. The van der Waals surface area contributed by atoms with E-state index in [0.717, 1.165) is 34.5 Å². The maximum atomic E-state index is 12.8. The molecule has 0 radical (unpaired) electrons. The normalized spacial score (nSPS) is 16.6. The lowest BCUT2D eigenvalue weighted by molar-refractivity contribution is -0.145. The molecule has 0 spiro atoms. The molecule has 1 aliphatic heterocycles. The van der Waals surface area contributed by atoms with Crippen LogP contribution in [0, 0.1) is 0 Å². The minimum atomic E-state index is -0.264. The van der Waals surface area contributed by atoms with Crippen LogP contribution in [0.4, 0.5) is 5.69 Å². The van der Waals surface area contributed by atoms with Gasteiger partial charge in [0, 0.05) is 42.9 Å². The number of benzene rings is 2. The summed E-state index contributed by atoms with van der Waals surface area (Å²) >= 11 is 0. The summed E-state index contributed by atoms with van der Waals surface area (Å²) in [5.41, 5.74) is 6.66. The molecule has 4 rings (SSSR count). The van der Waals surface area contributed by atoms with Crippen molar-refractivity contribution in [3.8, 4) is 0 Å². The van der Waals surface area contributed by atoms with Crippen molar-refractivity contribution in [3.63, 3.8) is 0 Å². The quantitative estimate of drug-likeness (QED) is 0.305. The Morgan fingerprint density at radius 2 is 1.54 bits per heavy atom. The summed E-state index contributed by atoms with van der Waals surface area (Å²) in [6.07, 6.45) is 4.87. The van der Waals surface area contributed by atoms with Crippen LogP contribution in [0.25, 0.3) is 5.57 Å². The number of aromatic nitrogens is 1. The lowest BCUT2D eigenvalue weighted by Gasteiger charge is -2.35. The average Bonchev–Trinajstić information content (AvgIpc) is 3.13. The smallest absolute Gasteiger partial charge is 0.311 e. The highest BCUT2D eigenvalue weighted by Gasteiger charge is 2.44. The molecule has 0 amide bonds. The Hall–Kier alpha value is -3.77. The van der Waals surface area contributed by atoms with Crippen LogP contribution in [-0.4, -0.2) is 37.1 Å². The number of hydrogen-bond acceptors (Lipinski definition) is 5. The zero-order valence-electron chi connectivity index (χ0n) is 20.3. The molecule has 35 heavy (non-hydrogen) atoms. The highest BCUT2D eigenvalue weighted by atomic mass is 16.5. The number of hydrogen-bond donors (Lipinski definition) is 0. The lowest BCUT2D eigenvalue weighted by Crippen LogP contribution is -2.49. The van der Waals surface area contributed by atoms with Gasteiger partial charge in [-0.1, -0.05) is 48.5 Å². The number of rotatable bonds is 10.